The molecule has 6 heteroatoms. The fourth-order valence-electron chi connectivity index (χ4n) is 1.20. The molecule has 0 radical (unpaired) electrons. The van der Waals surface area contributed by atoms with E-state index in [9.17, 15) is 4.79 Å². The molecule has 1 amide bonds. The van der Waals surface area contributed by atoms with Crippen molar-refractivity contribution in [1.29, 1.82) is 0 Å². The van der Waals surface area contributed by atoms with Crippen molar-refractivity contribution in [2.24, 2.45) is 0 Å². The fourth-order valence-corrected chi connectivity index (χ4v) is 2.60. The number of anilines is 2. The van der Waals surface area contributed by atoms with E-state index >= 15 is 0 Å². The maximum Gasteiger partial charge on any atom is 0.223 e. The van der Waals surface area contributed by atoms with Crippen LogP contribution >= 0.6 is 22.7 Å². The first-order valence-corrected chi connectivity index (χ1v) is 6.59. The number of nitrogen functional groups attached to an aromatic ring is 1. The number of hydrogen-bond donors (Lipinski definition) is 2. The normalized spacial score (nSPS) is 10.9. The van der Waals surface area contributed by atoms with Gasteiger partial charge in [-0.1, -0.05) is 0 Å². The van der Waals surface area contributed by atoms with Gasteiger partial charge in [-0.25, -0.2) is 4.98 Å². The van der Waals surface area contributed by atoms with Crippen LogP contribution in [-0.2, 0) is 4.79 Å². The van der Waals surface area contributed by atoms with Crippen LogP contribution in [0.3, 0.4) is 0 Å². The van der Waals surface area contributed by atoms with Crippen LogP contribution in [0.5, 0.6) is 0 Å². The number of nitrogens with one attached hydrogen (secondary N) is 1. The molecule has 0 saturated heterocycles. The lowest BCUT2D eigenvalue weighted by molar-refractivity contribution is -0.114. The molecule has 0 aliphatic heterocycles. The Kier molecular flexibility index (Phi) is 3.55. The van der Waals surface area contributed by atoms with Crippen molar-refractivity contribution in [3.05, 3.63) is 28.1 Å². The summed E-state index contributed by atoms with van der Waals surface area (Å²) in [5.41, 5.74) is 6.45. The van der Waals surface area contributed by atoms with Crippen LogP contribution in [0.25, 0.3) is 12.2 Å². The molecule has 0 aliphatic carbocycles. The smallest absolute Gasteiger partial charge is 0.223 e. The van der Waals surface area contributed by atoms with Gasteiger partial charge in [-0.3, -0.25) is 4.79 Å². The number of aromatic nitrogens is 1. The van der Waals surface area contributed by atoms with E-state index in [0.717, 1.165) is 15.6 Å². The van der Waals surface area contributed by atoms with Gasteiger partial charge in [0.15, 0.2) is 5.13 Å². The van der Waals surface area contributed by atoms with E-state index in [1.807, 2.05) is 29.7 Å². The molecular weight excluding hydrogens is 254 g/mol. The van der Waals surface area contributed by atoms with Crippen LogP contribution in [0.15, 0.2) is 17.5 Å². The van der Waals surface area contributed by atoms with Crippen LogP contribution in [0.1, 0.15) is 17.5 Å². The minimum atomic E-state index is -0.110. The molecule has 2 rings (SSSR count). The van der Waals surface area contributed by atoms with E-state index in [1.165, 1.54) is 29.6 Å². The SMILES string of the molecule is CC(=O)Nc1nc(/C=C/c2ccc(N)s2)cs1. The molecule has 0 atom stereocenters. The maximum absolute atomic E-state index is 10.8. The van der Waals surface area contributed by atoms with Gasteiger partial charge in [0, 0.05) is 17.2 Å². The topological polar surface area (TPSA) is 68.0 Å². The second kappa shape index (κ2) is 5.11. The Bertz CT molecular complexity index is 557. The first kappa shape index (κ1) is 11.8. The molecule has 0 bridgehead atoms. The molecule has 88 valence electrons. The second-order valence-electron chi connectivity index (χ2n) is 3.33. The summed E-state index contributed by atoms with van der Waals surface area (Å²) in [5, 5.41) is 5.94. The lowest BCUT2D eigenvalue weighted by atomic mass is 10.3. The van der Waals surface area contributed by atoms with Crippen molar-refractivity contribution >= 4 is 50.9 Å². The van der Waals surface area contributed by atoms with Gasteiger partial charge in [0.25, 0.3) is 0 Å². The Hall–Kier alpha value is -1.66. The monoisotopic (exact) mass is 265 g/mol. The van der Waals surface area contributed by atoms with E-state index in [4.69, 9.17) is 5.73 Å². The zero-order valence-electron chi connectivity index (χ0n) is 9.14. The van der Waals surface area contributed by atoms with Gasteiger partial charge in [-0.2, -0.15) is 0 Å². The van der Waals surface area contributed by atoms with Crippen molar-refractivity contribution in [1.82, 2.24) is 4.98 Å². The summed E-state index contributed by atoms with van der Waals surface area (Å²) in [7, 11) is 0. The van der Waals surface area contributed by atoms with Crippen LogP contribution in [-0.4, -0.2) is 10.9 Å². The zero-order chi connectivity index (χ0) is 12.3. The summed E-state index contributed by atoms with van der Waals surface area (Å²) >= 11 is 2.92. The summed E-state index contributed by atoms with van der Waals surface area (Å²) < 4.78 is 0. The Labute approximate surface area is 107 Å². The summed E-state index contributed by atoms with van der Waals surface area (Å²) in [6.07, 6.45) is 3.85. The van der Waals surface area contributed by atoms with Gasteiger partial charge in [0.2, 0.25) is 5.91 Å². The number of carbonyl (C=O) groups is 1. The molecule has 0 saturated carbocycles. The van der Waals surface area contributed by atoms with Crippen molar-refractivity contribution in [2.45, 2.75) is 6.92 Å². The van der Waals surface area contributed by atoms with Gasteiger partial charge in [0.05, 0.1) is 10.7 Å². The Morgan fingerprint density at radius 2 is 2.29 bits per heavy atom. The molecule has 17 heavy (non-hydrogen) atoms. The molecule has 2 aromatic heterocycles. The van der Waals surface area contributed by atoms with E-state index in [-0.39, 0.29) is 5.91 Å². The quantitative estimate of drug-likeness (QED) is 0.896. The highest BCUT2D eigenvalue weighted by molar-refractivity contribution is 7.16. The first-order chi connectivity index (χ1) is 8.13. The average Bonchev–Trinajstić information content (AvgIpc) is 2.84. The highest BCUT2D eigenvalue weighted by atomic mass is 32.1. The van der Waals surface area contributed by atoms with Crippen molar-refractivity contribution < 1.29 is 4.79 Å². The standard InChI is InChI=1S/C11H11N3OS2/c1-7(15)13-11-14-8(6-16-11)2-3-9-4-5-10(12)17-9/h2-6H,12H2,1H3,(H,13,14,15)/b3-2+. The predicted octanol–water partition coefficient (Wildman–Crippen LogP) is 2.92. The lowest BCUT2D eigenvalue weighted by Crippen LogP contribution is -2.04. The van der Waals surface area contributed by atoms with Crippen LogP contribution < -0.4 is 11.1 Å². The second-order valence-corrected chi connectivity index (χ2v) is 5.34. The third-order valence-corrected chi connectivity index (χ3v) is 3.53. The van der Waals surface area contributed by atoms with E-state index in [0.29, 0.717) is 5.13 Å². The van der Waals surface area contributed by atoms with Crippen LogP contribution in [0.4, 0.5) is 10.1 Å². The summed E-state index contributed by atoms with van der Waals surface area (Å²) in [4.78, 5) is 16.2. The van der Waals surface area contributed by atoms with Gasteiger partial charge in [-0.05, 0) is 24.3 Å². The van der Waals surface area contributed by atoms with Crippen molar-refractivity contribution in [3.8, 4) is 0 Å². The van der Waals surface area contributed by atoms with Gasteiger partial charge >= 0.3 is 0 Å². The number of thiophene rings is 1. The molecule has 2 heterocycles. The van der Waals surface area contributed by atoms with Gasteiger partial charge in [-0.15, -0.1) is 22.7 Å². The summed E-state index contributed by atoms with van der Waals surface area (Å²) in [6, 6.07) is 3.83. The molecule has 4 nitrogen and oxygen atoms in total. The summed E-state index contributed by atoms with van der Waals surface area (Å²) in [5.74, 6) is -0.110. The lowest BCUT2D eigenvalue weighted by Gasteiger charge is -1.92. The molecule has 0 spiro atoms. The highest BCUT2D eigenvalue weighted by Gasteiger charge is 2.00. The van der Waals surface area contributed by atoms with Crippen LogP contribution in [0, 0.1) is 0 Å². The Balaban J connectivity index is 2.06. The third kappa shape index (κ3) is 3.40. The summed E-state index contributed by atoms with van der Waals surface area (Å²) in [6.45, 7) is 1.46. The molecule has 3 N–H and O–H groups in total. The number of amides is 1. The predicted molar refractivity (Wildman–Crippen MR) is 74.1 cm³/mol. The molecular formula is C11H11N3OS2. The number of nitrogens with two attached hydrogens (primary N) is 1. The molecule has 0 fully saturated rings. The molecule has 0 unspecified atom stereocenters. The average molecular weight is 265 g/mol. The molecule has 0 aromatic carbocycles. The Morgan fingerprint density at radius 3 is 2.94 bits per heavy atom. The zero-order valence-corrected chi connectivity index (χ0v) is 10.8. The minimum absolute atomic E-state index is 0.110. The van der Waals surface area contributed by atoms with Crippen molar-refractivity contribution in [2.75, 3.05) is 11.1 Å². The van der Waals surface area contributed by atoms with Gasteiger partial charge < -0.3 is 11.1 Å². The van der Waals surface area contributed by atoms with Crippen LogP contribution in [0.2, 0.25) is 0 Å². The van der Waals surface area contributed by atoms with Gasteiger partial charge in [0.1, 0.15) is 0 Å². The number of carbonyl (C=O) groups excluding carboxylic acids is 1. The van der Waals surface area contributed by atoms with E-state index < -0.39 is 0 Å². The minimum Gasteiger partial charge on any atom is -0.391 e. The third-order valence-electron chi connectivity index (χ3n) is 1.87. The fraction of sp³-hybridized carbons (Fsp3) is 0.0909. The first-order valence-electron chi connectivity index (χ1n) is 4.90. The number of rotatable bonds is 3. The number of nitrogens with zero attached hydrogens (tertiary/aromatic N) is 1. The van der Waals surface area contributed by atoms with E-state index in [1.54, 1.807) is 0 Å². The van der Waals surface area contributed by atoms with E-state index in [2.05, 4.69) is 10.3 Å². The maximum atomic E-state index is 10.8. The number of thiazole rings is 1. The molecule has 2 aromatic rings. The number of hydrogen-bond acceptors (Lipinski definition) is 5. The highest BCUT2D eigenvalue weighted by Crippen LogP contribution is 2.22. The largest absolute Gasteiger partial charge is 0.391 e. The Morgan fingerprint density at radius 1 is 1.47 bits per heavy atom. The van der Waals surface area contributed by atoms with Crippen molar-refractivity contribution in [3.63, 3.8) is 0 Å². The molecule has 0 aliphatic rings.